The molecule has 2 aromatic rings. The molecule has 3 heterocycles. The quantitative estimate of drug-likeness (QED) is 0.277. The van der Waals surface area contributed by atoms with Crippen LogP contribution in [0.5, 0.6) is 5.75 Å². The van der Waals surface area contributed by atoms with Gasteiger partial charge < -0.3 is 20.1 Å². The first kappa shape index (κ1) is 34.4. The number of anilines is 1. The van der Waals surface area contributed by atoms with Crippen LogP contribution in [-0.2, 0) is 27.1 Å². The topological polar surface area (TPSA) is 117 Å². The molecule has 0 bridgehead atoms. The number of pyridine rings is 1. The zero-order chi connectivity index (χ0) is 34.4. The van der Waals surface area contributed by atoms with Crippen LogP contribution < -0.4 is 19.9 Å². The van der Waals surface area contributed by atoms with Crippen LogP contribution in [0.3, 0.4) is 0 Å². The van der Waals surface area contributed by atoms with E-state index in [1.54, 1.807) is 24.0 Å². The zero-order valence-electron chi connectivity index (χ0n) is 25.8. The van der Waals surface area contributed by atoms with Crippen LogP contribution in [0.1, 0.15) is 56.4 Å². The first-order valence-corrected chi connectivity index (χ1v) is 15.4. The maximum atomic E-state index is 13.5. The Hall–Kier alpha value is -3.92. The van der Waals surface area contributed by atoms with Gasteiger partial charge in [0.1, 0.15) is 18.8 Å². The Kier molecular flexibility index (Phi) is 9.22. The van der Waals surface area contributed by atoms with Crippen LogP contribution in [0.4, 0.5) is 36.8 Å². The minimum absolute atomic E-state index is 0.150. The largest absolute Gasteiger partial charge is 0.489 e. The minimum Gasteiger partial charge on any atom is -0.489 e. The van der Waals surface area contributed by atoms with Gasteiger partial charge in [0, 0.05) is 24.2 Å². The molecule has 0 radical (unpaired) electrons. The van der Waals surface area contributed by atoms with Gasteiger partial charge in [-0.25, -0.2) is 14.5 Å². The van der Waals surface area contributed by atoms with Gasteiger partial charge >= 0.3 is 24.3 Å². The van der Waals surface area contributed by atoms with Crippen molar-refractivity contribution in [3.05, 3.63) is 53.3 Å². The summed E-state index contributed by atoms with van der Waals surface area (Å²) in [5.74, 6) is -0.522. The number of aromatic nitrogens is 1. The van der Waals surface area contributed by atoms with Crippen LogP contribution >= 0.6 is 0 Å². The molecule has 1 saturated carbocycles. The highest BCUT2D eigenvalue weighted by Gasteiger charge is 2.71. The lowest BCUT2D eigenvalue weighted by Crippen LogP contribution is -3.15. The fourth-order valence-corrected chi connectivity index (χ4v) is 5.98. The molecule has 16 heteroatoms. The summed E-state index contributed by atoms with van der Waals surface area (Å²) in [6.45, 7) is 3.82. The fourth-order valence-electron chi connectivity index (χ4n) is 5.98. The third kappa shape index (κ3) is 6.62. The smallest absolute Gasteiger partial charge is 0.430 e. The number of nitrogens with one attached hydrogen (secondary N) is 2. The Balaban J connectivity index is 1.27. The number of rotatable bonds is 9. The van der Waals surface area contributed by atoms with Crippen molar-refractivity contribution in [2.75, 3.05) is 37.6 Å². The number of nitrogens with zero attached hydrogens (tertiary/aromatic N) is 3. The van der Waals surface area contributed by atoms with Crippen molar-refractivity contribution in [1.29, 1.82) is 0 Å². The second kappa shape index (κ2) is 12.6. The van der Waals surface area contributed by atoms with E-state index in [4.69, 9.17) is 4.74 Å². The van der Waals surface area contributed by atoms with Crippen molar-refractivity contribution in [3.63, 3.8) is 0 Å². The summed E-state index contributed by atoms with van der Waals surface area (Å²) in [5, 5.41) is 12.5. The lowest BCUT2D eigenvalue weighted by molar-refractivity contribution is -0.817. The number of hydrogen-bond donors (Lipinski definition) is 3. The number of aryl methyl sites for hydroxylation is 1. The average molecular weight is 673 g/mol. The highest BCUT2D eigenvalue weighted by molar-refractivity contribution is 6.08. The standard InChI is InChI=1S/C31H35F6N5O5/c1-3-5-19-16-20(29(46,30(32,33)34)31(35,36)37)6-10-23(19)40-12-4-13-41(15-14-40)25(43)18-42-26(44)28(2,39-27(42)45)24-11-9-22(17-38-24)47-21-7-8-21/h6,9-11,16-17,21,46H,3-5,7-8,12-15,18H2,1-2H3,(H,39,45)/p+1. The number of amides is 4. The summed E-state index contributed by atoms with van der Waals surface area (Å²) in [6.07, 6.45) is -7.45. The van der Waals surface area contributed by atoms with Crippen LogP contribution in [-0.4, -0.2) is 84.0 Å². The number of ether oxygens (including phenoxy) is 1. The number of quaternary nitrogens is 1. The van der Waals surface area contributed by atoms with E-state index in [-0.39, 0.29) is 36.9 Å². The molecule has 1 aromatic heterocycles. The summed E-state index contributed by atoms with van der Waals surface area (Å²) < 4.78 is 86.9. The van der Waals surface area contributed by atoms with E-state index in [0.717, 1.165) is 29.9 Å². The van der Waals surface area contributed by atoms with Crippen molar-refractivity contribution >= 4 is 23.5 Å². The molecule has 1 aliphatic carbocycles. The van der Waals surface area contributed by atoms with Gasteiger partial charge in [-0.1, -0.05) is 25.5 Å². The first-order valence-electron chi connectivity index (χ1n) is 15.4. The molecule has 2 atom stereocenters. The van der Waals surface area contributed by atoms with Crippen molar-refractivity contribution in [2.45, 2.75) is 75.5 Å². The maximum Gasteiger partial charge on any atom is 0.430 e. The van der Waals surface area contributed by atoms with Gasteiger partial charge in [-0.2, -0.15) is 26.3 Å². The van der Waals surface area contributed by atoms with Crippen LogP contribution in [0.2, 0.25) is 0 Å². The monoisotopic (exact) mass is 672 g/mol. The molecule has 3 fully saturated rings. The maximum absolute atomic E-state index is 13.5. The molecule has 3 aliphatic rings. The van der Waals surface area contributed by atoms with Crippen LogP contribution in [0.15, 0.2) is 36.5 Å². The van der Waals surface area contributed by atoms with E-state index in [9.17, 15) is 45.8 Å². The van der Waals surface area contributed by atoms with Gasteiger partial charge in [0.25, 0.3) is 11.5 Å². The van der Waals surface area contributed by atoms with E-state index in [0.29, 0.717) is 48.3 Å². The predicted octanol–water partition coefficient (Wildman–Crippen LogP) is 2.98. The number of carbonyl (C=O) groups is 3. The molecular formula is C31H36F6N5O5+. The molecule has 0 spiro atoms. The number of hydrogen-bond acceptors (Lipinski definition) is 7. The van der Waals surface area contributed by atoms with Gasteiger partial charge in [-0.15, -0.1) is 0 Å². The lowest BCUT2D eigenvalue weighted by atomic mass is 9.89. The molecule has 256 valence electrons. The number of carbonyl (C=O) groups excluding carboxylic acids is 3. The average Bonchev–Trinajstić information content (AvgIpc) is 3.82. The molecule has 2 saturated heterocycles. The van der Waals surface area contributed by atoms with Gasteiger partial charge in [0.2, 0.25) is 0 Å². The van der Waals surface area contributed by atoms with E-state index in [1.807, 2.05) is 0 Å². The predicted molar refractivity (Wildman–Crippen MR) is 154 cm³/mol. The Morgan fingerprint density at radius 3 is 2.38 bits per heavy atom. The van der Waals surface area contributed by atoms with E-state index in [2.05, 4.69) is 10.3 Å². The van der Waals surface area contributed by atoms with Gasteiger partial charge in [-0.05, 0) is 49.9 Å². The van der Waals surface area contributed by atoms with E-state index in [1.165, 1.54) is 13.1 Å². The van der Waals surface area contributed by atoms with E-state index >= 15 is 0 Å². The Morgan fingerprint density at radius 1 is 1.09 bits per heavy atom. The third-order valence-corrected chi connectivity index (χ3v) is 8.81. The number of aliphatic hydroxyl groups is 1. The zero-order valence-corrected chi connectivity index (χ0v) is 25.8. The van der Waals surface area contributed by atoms with Gasteiger partial charge in [0.15, 0.2) is 5.54 Å². The second-order valence-corrected chi connectivity index (χ2v) is 12.3. The van der Waals surface area contributed by atoms with Crippen molar-refractivity contribution in [3.8, 4) is 5.75 Å². The Labute approximate surface area is 266 Å². The van der Waals surface area contributed by atoms with Crippen molar-refractivity contribution in [1.82, 2.24) is 15.2 Å². The number of imide groups is 1. The number of benzene rings is 1. The van der Waals surface area contributed by atoms with E-state index < -0.39 is 53.4 Å². The molecular weight excluding hydrogens is 636 g/mol. The van der Waals surface area contributed by atoms with Crippen molar-refractivity contribution in [2.24, 2.45) is 0 Å². The summed E-state index contributed by atoms with van der Waals surface area (Å²) in [4.78, 5) is 47.0. The number of halogens is 6. The minimum atomic E-state index is -6.00. The summed E-state index contributed by atoms with van der Waals surface area (Å²) in [6, 6.07) is 5.03. The highest BCUT2D eigenvalue weighted by atomic mass is 19.4. The molecule has 2 aliphatic heterocycles. The third-order valence-electron chi connectivity index (χ3n) is 8.81. The van der Waals surface area contributed by atoms with Gasteiger partial charge in [-0.3, -0.25) is 14.7 Å². The van der Waals surface area contributed by atoms with Gasteiger partial charge in [0.05, 0.1) is 31.1 Å². The normalized spacial score (nSPS) is 22.7. The SMILES string of the molecule is CCCc1cc(C(O)(C(F)(F)F)C(F)(F)F)ccc1N1CCC[NH+](C(=O)CN2C(=O)NC(C)(c3ccc(OC4CC4)cn3)C2=O)CC1. The molecule has 5 rings (SSSR count). The lowest BCUT2D eigenvalue weighted by Gasteiger charge is -2.34. The molecule has 10 nitrogen and oxygen atoms in total. The van der Waals surface area contributed by atoms with Crippen LogP contribution in [0, 0.1) is 0 Å². The summed E-state index contributed by atoms with van der Waals surface area (Å²) in [5.41, 5.74) is -6.96. The summed E-state index contributed by atoms with van der Waals surface area (Å²) >= 11 is 0. The number of urea groups is 1. The van der Waals surface area contributed by atoms with Crippen molar-refractivity contribution < 1.29 is 55.5 Å². The number of alkyl halides is 6. The molecule has 2 unspecified atom stereocenters. The second-order valence-electron chi connectivity index (χ2n) is 12.3. The molecule has 4 amide bonds. The molecule has 1 aromatic carbocycles. The Bertz CT molecular complexity index is 1500. The highest BCUT2D eigenvalue weighted by Crippen LogP contribution is 2.50. The summed E-state index contributed by atoms with van der Waals surface area (Å²) in [7, 11) is 0. The first-order chi connectivity index (χ1) is 22.0. The van der Waals surface area contributed by atoms with Crippen LogP contribution in [0.25, 0.3) is 0 Å². The fraction of sp³-hybridized carbons (Fsp3) is 0.548. The molecule has 3 N–H and O–H groups in total. The Morgan fingerprint density at radius 2 is 1.79 bits per heavy atom. The molecule has 47 heavy (non-hydrogen) atoms.